The summed E-state index contributed by atoms with van der Waals surface area (Å²) in [5.41, 5.74) is 6.37. The number of nitrogens with zero attached hydrogens (tertiary/aromatic N) is 1. The van der Waals surface area contributed by atoms with Crippen molar-refractivity contribution in [2.75, 3.05) is 24.8 Å². The first kappa shape index (κ1) is 13.1. The number of methoxy groups -OCH3 is 1. The molecule has 0 saturated heterocycles. The molecular formula is C11H18ClN3O. The molecule has 1 aromatic heterocycles. The van der Waals surface area contributed by atoms with E-state index < -0.39 is 0 Å². The van der Waals surface area contributed by atoms with Crippen LogP contribution in [-0.4, -0.2) is 24.7 Å². The van der Waals surface area contributed by atoms with Crippen LogP contribution in [0.2, 0.25) is 5.02 Å². The van der Waals surface area contributed by atoms with Crippen LogP contribution in [0.15, 0.2) is 12.3 Å². The second-order valence-corrected chi connectivity index (χ2v) is 4.11. The fraction of sp³-hybridized carbons (Fsp3) is 0.545. The zero-order chi connectivity index (χ0) is 12.0. The molecule has 90 valence electrons. The smallest absolute Gasteiger partial charge is 0.149 e. The average molecular weight is 244 g/mol. The molecule has 0 aliphatic carbocycles. The lowest BCUT2D eigenvalue weighted by atomic mass is 10.2. The van der Waals surface area contributed by atoms with Gasteiger partial charge >= 0.3 is 0 Å². The number of pyridine rings is 1. The molecule has 0 radical (unpaired) electrons. The van der Waals surface area contributed by atoms with E-state index in [1.165, 1.54) is 0 Å². The Bertz CT molecular complexity index is 327. The van der Waals surface area contributed by atoms with E-state index in [1.807, 2.05) is 0 Å². The first-order valence-corrected chi connectivity index (χ1v) is 5.71. The molecule has 0 saturated carbocycles. The van der Waals surface area contributed by atoms with Crippen molar-refractivity contribution in [3.63, 3.8) is 0 Å². The minimum atomic E-state index is 0.228. The van der Waals surface area contributed by atoms with E-state index in [0.29, 0.717) is 23.1 Å². The zero-order valence-corrected chi connectivity index (χ0v) is 10.4. The van der Waals surface area contributed by atoms with E-state index in [2.05, 4.69) is 17.2 Å². The van der Waals surface area contributed by atoms with Crippen LogP contribution in [0.4, 0.5) is 11.5 Å². The van der Waals surface area contributed by atoms with E-state index in [4.69, 9.17) is 22.1 Å². The summed E-state index contributed by atoms with van der Waals surface area (Å²) in [6.07, 6.45) is 3.67. The van der Waals surface area contributed by atoms with Crippen LogP contribution < -0.4 is 11.1 Å². The minimum Gasteiger partial charge on any atom is -0.396 e. The predicted octanol–water partition coefficient (Wildman–Crippen LogP) is 2.54. The number of aromatic nitrogens is 1. The monoisotopic (exact) mass is 243 g/mol. The largest absolute Gasteiger partial charge is 0.396 e. The lowest BCUT2D eigenvalue weighted by Crippen LogP contribution is -2.25. The standard InChI is InChI=1S/C11H18ClN3O/c1-3-4-9(7-16-2)15-11-10(13)5-8(12)6-14-11/h5-6,9H,3-4,7,13H2,1-2H3,(H,14,15). The number of hydrogen-bond acceptors (Lipinski definition) is 4. The second kappa shape index (κ2) is 6.55. The van der Waals surface area contributed by atoms with Crippen LogP contribution in [0.3, 0.4) is 0 Å². The fourth-order valence-electron chi connectivity index (χ4n) is 1.52. The number of nitrogens with one attached hydrogen (secondary N) is 1. The number of nitrogens with two attached hydrogens (primary N) is 1. The van der Waals surface area contributed by atoms with Crippen molar-refractivity contribution in [1.82, 2.24) is 4.98 Å². The Balaban J connectivity index is 2.68. The summed E-state index contributed by atoms with van der Waals surface area (Å²) in [7, 11) is 1.68. The summed E-state index contributed by atoms with van der Waals surface area (Å²) in [5.74, 6) is 0.667. The zero-order valence-electron chi connectivity index (χ0n) is 9.66. The van der Waals surface area contributed by atoms with Crippen molar-refractivity contribution in [1.29, 1.82) is 0 Å². The SMILES string of the molecule is CCCC(COC)Nc1ncc(Cl)cc1N. The molecule has 1 unspecified atom stereocenters. The molecular weight excluding hydrogens is 226 g/mol. The molecule has 1 atom stereocenters. The highest BCUT2D eigenvalue weighted by molar-refractivity contribution is 6.30. The van der Waals surface area contributed by atoms with E-state index in [9.17, 15) is 0 Å². The van der Waals surface area contributed by atoms with Gasteiger partial charge in [0.15, 0.2) is 0 Å². The Labute approximate surface area is 101 Å². The van der Waals surface area contributed by atoms with Crippen molar-refractivity contribution < 1.29 is 4.74 Å². The number of ether oxygens (including phenoxy) is 1. The summed E-state index contributed by atoms with van der Waals surface area (Å²) in [6, 6.07) is 1.91. The highest BCUT2D eigenvalue weighted by atomic mass is 35.5. The van der Waals surface area contributed by atoms with Crippen molar-refractivity contribution >= 4 is 23.1 Å². The highest BCUT2D eigenvalue weighted by Gasteiger charge is 2.10. The van der Waals surface area contributed by atoms with Gasteiger partial charge in [-0.15, -0.1) is 0 Å². The number of halogens is 1. The predicted molar refractivity (Wildman–Crippen MR) is 67.9 cm³/mol. The molecule has 0 aliphatic heterocycles. The van der Waals surface area contributed by atoms with E-state index in [-0.39, 0.29) is 6.04 Å². The molecule has 16 heavy (non-hydrogen) atoms. The average Bonchev–Trinajstić information content (AvgIpc) is 2.23. The third kappa shape index (κ3) is 3.87. The maximum atomic E-state index is 5.81. The topological polar surface area (TPSA) is 60.2 Å². The second-order valence-electron chi connectivity index (χ2n) is 3.68. The summed E-state index contributed by atoms with van der Waals surface area (Å²) < 4.78 is 5.14. The van der Waals surface area contributed by atoms with Gasteiger partial charge in [-0.25, -0.2) is 4.98 Å². The van der Waals surface area contributed by atoms with Crippen LogP contribution in [0.1, 0.15) is 19.8 Å². The van der Waals surface area contributed by atoms with E-state index in [0.717, 1.165) is 12.8 Å². The number of rotatable bonds is 6. The van der Waals surface area contributed by atoms with Gasteiger partial charge in [0.1, 0.15) is 5.82 Å². The van der Waals surface area contributed by atoms with Crippen LogP contribution >= 0.6 is 11.6 Å². The van der Waals surface area contributed by atoms with Crippen LogP contribution in [0.25, 0.3) is 0 Å². The molecule has 0 aliphatic rings. The Hall–Kier alpha value is -1.00. The van der Waals surface area contributed by atoms with Gasteiger partial charge in [0.2, 0.25) is 0 Å². The Morgan fingerprint density at radius 2 is 2.38 bits per heavy atom. The Kier molecular flexibility index (Phi) is 5.35. The molecule has 0 aromatic carbocycles. The van der Waals surface area contributed by atoms with Gasteiger partial charge in [-0.2, -0.15) is 0 Å². The molecule has 0 fully saturated rings. The molecule has 0 bridgehead atoms. The molecule has 3 N–H and O–H groups in total. The third-order valence-electron chi connectivity index (χ3n) is 2.23. The number of anilines is 2. The maximum Gasteiger partial charge on any atom is 0.149 e. The first-order chi connectivity index (χ1) is 7.67. The van der Waals surface area contributed by atoms with Crippen molar-refractivity contribution in [3.8, 4) is 0 Å². The molecule has 0 amide bonds. The number of nitrogen functional groups attached to an aromatic ring is 1. The van der Waals surface area contributed by atoms with Crippen LogP contribution in [0, 0.1) is 0 Å². The van der Waals surface area contributed by atoms with Crippen LogP contribution in [0.5, 0.6) is 0 Å². The maximum absolute atomic E-state index is 5.81. The van der Waals surface area contributed by atoms with Gasteiger partial charge in [0.25, 0.3) is 0 Å². The summed E-state index contributed by atoms with van der Waals surface area (Å²) in [6.45, 7) is 2.76. The van der Waals surface area contributed by atoms with Gasteiger partial charge in [0, 0.05) is 13.3 Å². The van der Waals surface area contributed by atoms with Crippen LogP contribution in [-0.2, 0) is 4.74 Å². The molecule has 5 heteroatoms. The molecule has 1 heterocycles. The first-order valence-electron chi connectivity index (χ1n) is 5.33. The number of hydrogen-bond donors (Lipinski definition) is 2. The lowest BCUT2D eigenvalue weighted by molar-refractivity contribution is 0.182. The Morgan fingerprint density at radius 1 is 1.62 bits per heavy atom. The quantitative estimate of drug-likeness (QED) is 0.806. The van der Waals surface area contributed by atoms with Crippen molar-refractivity contribution in [3.05, 3.63) is 17.3 Å². The minimum absolute atomic E-state index is 0.228. The highest BCUT2D eigenvalue weighted by Crippen LogP contribution is 2.20. The van der Waals surface area contributed by atoms with E-state index >= 15 is 0 Å². The molecule has 4 nitrogen and oxygen atoms in total. The summed E-state index contributed by atoms with van der Waals surface area (Å²) >= 11 is 5.78. The molecule has 0 spiro atoms. The van der Waals surface area contributed by atoms with E-state index in [1.54, 1.807) is 19.4 Å². The van der Waals surface area contributed by atoms with Gasteiger partial charge in [-0.3, -0.25) is 0 Å². The summed E-state index contributed by atoms with van der Waals surface area (Å²) in [4.78, 5) is 4.16. The molecule has 1 aromatic rings. The summed E-state index contributed by atoms with van der Waals surface area (Å²) in [5, 5.41) is 3.80. The van der Waals surface area contributed by atoms with Gasteiger partial charge in [-0.1, -0.05) is 24.9 Å². The molecule has 1 rings (SSSR count). The van der Waals surface area contributed by atoms with Gasteiger partial charge < -0.3 is 15.8 Å². The third-order valence-corrected chi connectivity index (χ3v) is 2.44. The normalized spacial score (nSPS) is 12.4. The van der Waals surface area contributed by atoms with Crippen molar-refractivity contribution in [2.45, 2.75) is 25.8 Å². The fourth-order valence-corrected chi connectivity index (χ4v) is 1.68. The van der Waals surface area contributed by atoms with Gasteiger partial charge in [-0.05, 0) is 12.5 Å². The lowest BCUT2D eigenvalue weighted by Gasteiger charge is -2.18. The van der Waals surface area contributed by atoms with Crippen molar-refractivity contribution in [2.24, 2.45) is 0 Å². The Morgan fingerprint density at radius 3 is 2.94 bits per heavy atom. The van der Waals surface area contributed by atoms with Gasteiger partial charge in [0.05, 0.1) is 23.4 Å².